The van der Waals surface area contributed by atoms with Gasteiger partial charge in [-0.3, -0.25) is 14.6 Å². The number of carbonyl (C=O) groups is 1. The number of para-hydroxylation sites is 2. The number of ether oxygens (including phenoxy) is 1. The molecule has 0 spiro atoms. The van der Waals surface area contributed by atoms with E-state index in [9.17, 15) is 9.59 Å². The Morgan fingerprint density at radius 2 is 2.21 bits per heavy atom. The molecule has 0 aliphatic heterocycles. The fourth-order valence-electron chi connectivity index (χ4n) is 1.96. The van der Waals surface area contributed by atoms with E-state index >= 15 is 0 Å². The van der Waals surface area contributed by atoms with Gasteiger partial charge in [0, 0.05) is 0 Å². The minimum atomic E-state index is -0.364. The molecule has 0 saturated heterocycles. The van der Waals surface area contributed by atoms with Crippen molar-refractivity contribution in [1.82, 2.24) is 24.8 Å². The third kappa shape index (κ3) is 3.54. The topological polar surface area (TPSA) is 114 Å². The molecule has 0 bridgehead atoms. The van der Waals surface area contributed by atoms with Crippen molar-refractivity contribution in [2.24, 2.45) is 0 Å². The maximum atomic E-state index is 12.1. The molecule has 1 aromatic carbocycles. The Morgan fingerprint density at radius 1 is 1.38 bits per heavy atom. The predicted molar refractivity (Wildman–Crippen MR) is 88.4 cm³/mol. The quantitative estimate of drug-likeness (QED) is 0.638. The number of aromatic nitrogens is 5. The van der Waals surface area contributed by atoms with E-state index in [1.165, 1.54) is 4.52 Å². The molecular weight excluding hydrogens is 332 g/mol. The first kappa shape index (κ1) is 16.0. The van der Waals surface area contributed by atoms with Crippen LogP contribution in [0.15, 0.2) is 40.4 Å². The second-order valence-corrected chi connectivity index (χ2v) is 5.56. The Balaban J connectivity index is 1.66. The standard InChI is InChI=1S/C14H14N6O3S/c1-2-23-10-6-4-3-5-9(10)16-12(22)8-24-14-19-18-13-17-11(21)7-15-20(13)14/h3-7H,2,8H2,1H3,(H,16,22)(H,17,18,21). The molecule has 10 heteroatoms. The van der Waals surface area contributed by atoms with Gasteiger partial charge in [-0.1, -0.05) is 23.9 Å². The maximum Gasteiger partial charge on any atom is 0.271 e. The minimum Gasteiger partial charge on any atom is -0.492 e. The summed E-state index contributed by atoms with van der Waals surface area (Å²) in [5.74, 6) is 0.744. The maximum absolute atomic E-state index is 12.1. The number of anilines is 1. The van der Waals surface area contributed by atoms with Gasteiger partial charge in [0.05, 0.1) is 18.0 Å². The van der Waals surface area contributed by atoms with Crippen LogP contribution < -0.4 is 15.6 Å². The van der Waals surface area contributed by atoms with Gasteiger partial charge >= 0.3 is 0 Å². The Kier molecular flexibility index (Phi) is 4.75. The lowest BCUT2D eigenvalue weighted by atomic mass is 10.3. The molecule has 0 aliphatic rings. The van der Waals surface area contributed by atoms with Gasteiger partial charge in [-0.15, -0.1) is 10.2 Å². The van der Waals surface area contributed by atoms with Gasteiger partial charge in [0.25, 0.3) is 11.3 Å². The lowest BCUT2D eigenvalue weighted by Crippen LogP contribution is -2.15. The van der Waals surface area contributed by atoms with E-state index in [4.69, 9.17) is 4.74 Å². The van der Waals surface area contributed by atoms with Crippen LogP contribution in [-0.4, -0.2) is 43.1 Å². The van der Waals surface area contributed by atoms with Crippen molar-refractivity contribution in [3.63, 3.8) is 0 Å². The van der Waals surface area contributed by atoms with Crippen molar-refractivity contribution >= 4 is 29.1 Å². The normalized spacial score (nSPS) is 10.7. The van der Waals surface area contributed by atoms with Crippen molar-refractivity contribution in [2.45, 2.75) is 12.1 Å². The molecule has 3 rings (SSSR count). The van der Waals surface area contributed by atoms with E-state index in [0.29, 0.717) is 23.2 Å². The molecule has 0 atom stereocenters. The summed E-state index contributed by atoms with van der Waals surface area (Å²) >= 11 is 1.16. The van der Waals surface area contributed by atoms with Gasteiger partial charge in [-0.05, 0) is 19.1 Å². The minimum absolute atomic E-state index is 0.113. The smallest absolute Gasteiger partial charge is 0.271 e. The molecule has 0 aliphatic carbocycles. The second-order valence-electron chi connectivity index (χ2n) is 4.62. The number of benzene rings is 1. The molecule has 2 N–H and O–H groups in total. The van der Waals surface area contributed by atoms with Gasteiger partial charge in [-0.2, -0.15) is 9.61 Å². The van der Waals surface area contributed by atoms with E-state index in [0.717, 1.165) is 18.0 Å². The number of aromatic amines is 1. The number of rotatable bonds is 6. The highest BCUT2D eigenvalue weighted by atomic mass is 32.2. The third-order valence-corrected chi connectivity index (χ3v) is 3.85. The molecule has 124 valence electrons. The van der Waals surface area contributed by atoms with Crippen LogP contribution in [-0.2, 0) is 4.79 Å². The molecule has 2 heterocycles. The molecule has 24 heavy (non-hydrogen) atoms. The van der Waals surface area contributed by atoms with E-state index in [2.05, 4.69) is 25.6 Å². The summed E-state index contributed by atoms with van der Waals surface area (Å²) < 4.78 is 6.83. The molecular formula is C14H14N6O3S. The zero-order valence-electron chi connectivity index (χ0n) is 12.7. The van der Waals surface area contributed by atoms with Gasteiger partial charge < -0.3 is 10.1 Å². The van der Waals surface area contributed by atoms with Crippen LogP contribution in [0, 0.1) is 0 Å². The summed E-state index contributed by atoms with van der Waals surface area (Å²) in [6.45, 7) is 2.39. The highest BCUT2D eigenvalue weighted by Crippen LogP contribution is 2.24. The van der Waals surface area contributed by atoms with Crippen molar-refractivity contribution in [1.29, 1.82) is 0 Å². The lowest BCUT2D eigenvalue weighted by Gasteiger charge is -2.10. The Labute approximate surface area is 140 Å². The average molecular weight is 346 g/mol. The monoisotopic (exact) mass is 346 g/mol. The van der Waals surface area contributed by atoms with Crippen LogP contribution in [0.2, 0.25) is 0 Å². The molecule has 0 radical (unpaired) electrons. The Morgan fingerprint density at radius 3 is 3.04 bits per heavy atom. The summed E-state index contributed by atoms with van der Waals surface area (Å²) in [5.41, 5.74) is 0.246. The van der Waals surface area contributed by atoms with E-state index < -0.39 is 0 Å². The summed E-state index contributed by atoms with van der Waals surface area (Å²) in [6, 6.07) is 7.21. The first-order chi connectivity index (χ1) is 11.7. The number of hydrogen-bond donors (Lipinski definition) is 2. The second kappa shape index (κ2) is 7.13. The Bertz CT molecular complexity index is 922. The van der Waals surface area contributed by atoms with Crippen LogP contribution in [0.3, 0.4) is 0 Å². The third-order valence-electron chi connectivity index (χ3n) is 2.93. The van der Waals surface area contributed by atoms with E-state index in [1.807, 2.05) is 19.1 Å². The highest BCUT2D eigenvalue weighted by Gasteiger charge is 2.12. The number of nitrogens with zero attached hydrogens (tertiary/aromatic N) is 4. The first-order valence-corrected chi connectivity index (χ1v) is 8.11. The number of H-pyrrole nitrogens is 1. The SMILES string of the molecule is CCOc1ccccc1NC(=O)CSc1nnc2[nH]c(=O)cnn12. The summed E-state index contributed by atoms with van der Waals surface area (Å²) in [6.07, 6.45) is 1.12. The van der Waals surface area contributed by atoms with Crippen molar-refractivity contribution in [2.75, 3.05) is 17.7 Å². The first-order valence-electron chi connectivity index (χ1n) is 7.12. The molecule has 1 amide bonds. The number of fused-ring (bicyclic) bond motifs is 1. The number of nitrogens with one attached hydrogen (secondary N) is 2. The van der Waals surface area contributed by atoms with Gasteiger partial charge in [0.1, 0.15) is 11.9 Å². The molecule has 3 aromatic rings. The predicted octanol–water partition coefficient (Wildman–Crippen LogP) is 0.942. The van der Waals surface area contributed by atoms with Crippen molar-refractivity contribution in [3.8, 4) is 5.75 Å². The van der Waals surface area contributed by atoms with E-state index in [-0.39, 0.29) is 23.0 Å². The lowest BCUT2D eigenvalue weighted by molar-refractivity contribution is -0.113. The molecule has 0 unspecified atom stereocenters. The van der Waals surface area contributed by atoms with Crippen LogP contribution >= 0.6 is 11.8 Å². The molecule has 0 fully saturated rings. The zero-order chi connectivity index (χ0) is 16.9. The number of thioether (sulfide) groups is 1. The van der Waals surface area contributed by atoms with Crippen LogP contribution in [0.1, 0.15) is 6.92 Å². The highest BCUT2D eigenvalue weighted by molar-refractivity contribution is 7.99. The number of amides is 1. The molecule has 0 saturated carbocycles. The van der Waals surface area contributed by atoms with Crippen molar-refractivity contribution < 1.29 is 9.53 Å². The number of carbonyl (C=O) groups excluding carboxylic acids is 1. The summed E-state index contributed by atoms with van der Waals surface area (Å²) in [4.78, 5) is 25.8. The van der Waals surface area contributed by atoms with Crippen molar-refractivity contribution in [3.05, 3.63) is 40.8 Å². The number of hydrogen-bond acceptors (Lipinski definition) is 7. The van der Waals surface area contributed by atoms with Gasteiger partial charge in [-0.25, -0.2) is 0 Å². The van der Waals surface area contributed by atoms with E-state index in [1.54, 1.807) is 12.1 Å². The summed E-state index contributed by atoms with van der Waals surface area (Å²) in [5, 5.41) is 14.8. The van der Waals surface area contributed by atoms with Crippen LogP contribution in [0.4, 0.5) is 5.69 Å². The molecule has 2 aromatic heterocycles. The summed E-state index contributed by atoms with van der Waals surface area (Å²) in [7, 11) is 0. The zero-order valence-corrected chi connectivity index (χ0v) is 13.5. The Hall–Kier alpha value is -2.88. The van der Waals surface area contributed by atoms with Gasteiger partial charge in [0.2, 0.25) is 11.1 Å². The van der Waals surface area contributed by atoms with Crippen LogP contribution in [0.5, 0.6) is 5.75 Å². The fourth-order valence-corrected chi connectivity index (χ4v) is 2.64. The van der Waals surface area contributed by atoms with Crippen LogP contribution in [0.25, 0.3) is 5.78 Å². The van der Waals surface area contributed by atoms with Gasteiger partial charge in [0.15, 0.2) is 0 Å². The average Bonchev–Trinajstić information content (AvgIpc) is 2.97. The largest absolute Gasteiger partial charge is 0.492 e. The molecule has 9 nitrogen and oxygen atoms in total. The fraction of sp³-hybridized carbons (Fsp3) is 0.214.